The number of hydrogen-bond acceptors (Lipinski definition) is 4. The van der Waals surface area contributed by atoms with Crippen molar-refractivity contribution in [2.45, 2.75) is 26.8 Å². The fourth-order valence-corrected chi connectivity index (χ4v) is 2.36. The summed E-state index contributed by atoms with van der Waals surface area (Å²) in [6, 6.07) is 5.62. The number of guanidine groups is 1. The van der Waals surface area contributed by atoms with Crippen molar-refractivity contribution < 1.29 is 4.79 Å². The van der Waals surface area contributed by atoms with E-state index >= 15 is 0 Å². The molecule has 3 N–H and O–H groups in total. The topological polar surface area (TPSA) is 96.2 Å². The Morgan fingerprint density at radius 1 is 1.31 bits per heavy atom. The number of carbonyl (C=O) groups excluding carboxylic acids is 1. The van der Waals surface area contributed by atoms with E-state index in [0.29, 0.717) is 11.6 Å². The number of nitrogens with one attached hydrogen (secondary N) is 3. The first-order valence-corrected chi connectivity index (χ1v) is 8.24. The standard InChI is InChI=1S/C17H25N7O.HI/c1-13-10-14(2)24(23-13)9-5-8-20-17(18-3)21-12-16(25)22-15-6-4-7-19-11-15;/h4,6-7,10-11H,5,8-9,12H2,1-3H3,(H,22,25)(H2,18,20,21);1H. The number of halogens is 1. The first-order chi connectivity index (χ1) is 12.1. The third-order valence-electron chi connectivity index (χ3n) is 3.53. The summed E-state index contributed by atoms with van der Waals surface area (Å²) >= 11 is 0. The van der Waals surface area contributed by atoms with E-state index in [2.05, 4.69) is 44.0 Å². The Kier molecular flexibility index (Phi) is 9.63. The Hall–Kier alpha value is -2.17. The van der Waals surface area contributed by atoms with Crippen molar-refractivity contribution in [2.75, 3.05) is 25.5 Å². The molecule has 0 spiro atoms. The first kappa shape index (κ1) is 21.9. The molecule has 0 saturated carbocycles. The number of hydrogen-bond donors (Lipinski definition) is 3. The molecule has 0 aliphatic rings. The summed E-state index contributed by atoms with van der Waals surface area (Å²) in [6.07, 6.45) is 4.17. The molecule has 0 atom stereocenters. The monoisotopic (exact) mass is 471 g/mol. The summed E-state index contributed by atoms with van der Waals surface area (Å²) in [4.78, 5) is 20.0. The maximum atomic E-state index is 11.9. The Balaban J connectivity index is 0.00000338. The van der Waals surface area contributed by atoms with E-state index in [-0.39, 0.29) is 36.4 Å². The van der Waals surface area contributed by atoms with Crippen LogP contribution in [0.15, 0.2) is 35.6 Å². The molecule has 0 fully saturated rings. The Morgan fingerprint density at radius 2 is 2.12 bits per heavy atom. The van der Waals surface area contributed by atoms with Gasteiger partial charge in [-0.25, -0.2) is 0 Å². The molecular formula is C17H26IN7O. The second-order valence-corrected chi connectivity index (χ2v) is 5.65. The smallest absolute Gasteiger partial charge is 0.243 e. The highest BCUT2D eigenvalue weighted by Crippen LogP contribution is 2.02. The van der Waals surface area contributed by atoms with Crippen molar-refractivity contribution in [1.29, 1.82) is 0 Å². The lowest BCUT2D eigenvalue weighted by Crippen LogP contribution is -2.41. The van der Waals surface area contributed by atoms with E-state index in [4.69, 9.17) is 0 Å². The van der Waals surface area contributed by atoms with Gasteiger partial charge < -0.3 is 16.0 Å². The number of pyridine rings is 1. The molecule has 0 unspecified atom stereocenters. The van der Waals surface area contributed by atoms with Gasteiger partial charge in [-0.15, -0.1) is 24.0 Å². The lowest BCUT2D eigenvalue weighted by atomic mass is 10.4. The summed E-state index contributed by atoms with van der Waals surface area (Å²) in [5.41, 5.74) is 2.86. The van der Waals surface area contributed by atoms with E-state index in [1.165, 1.54) is 0 Å². The average Bonchev–Trinajstić information content (AvgIpc) is 2.92. The summed E-state index contributed by atoms with van der Waals surface area (Å²) in [5, 5.41) is 13.4. The van der Waals surface area contributed by atoms with Gasteiger partial charge in [-0.3, -0.25) is 19.5 Å². The van der Waals surface area contributed by atoms with Crippen LogP contribution in [0.2, 0.25) is 0 Å². The van der Waals surface area contributed by atoms with Crippen molar-refractivity contribution in [2.24, 2.45) is 4.99 Å². The second kappa shape index (κ2) is 11.4. The predicted octanol–water partition coefficient (Wildman–Crippen LogP) is 1.71. The van der Waals surface area contributed by atoms with Crippen LogP contribution in [0, 0.1) is 13.8 Å². The van der Waals surface area contributed by atoms with Crippen LogP contribution in [-0.2, 0) is 11.3 Å². The molecule has 8 nitrogen and oxygen atoms in total. The second-order valence-electron chi connectivity index (χ2n) is 5.65. The van der Waals surface area contributed by atoms with Crippen LogP contribution in [-0.4, -0.2) is 46.8 Å². The number of aryl methyl sites for hydroxylation is 3. The molecule has 1 amide bonds. The van der Waals surface area contributed by atoms with Gasteiger partial charge >= 0.3 is 0 Å². The van der Waals surface area contributed by atoms with Crippen molar-refractivity contribution >= 4 is 41.5 Å². The van der Waals surface area contributed by atoms with Crippen LogP contribution >= 0.6 is 24.0 Å². The van der Waals surface area contributed by atoms with Crippen LogP contribution in [0.1, 0.15) is 17.8 Å². The maximum absolute atomic E-state index is 11.9. The Morgan fingerprint density at radius 3 is 2.73 bits per heavy atom. The van der Waals surface area contributed by atoms with Crippen molar-refractivity contribution in [1.82, 2.24) is 25.4 Å². The molecule has 0 radical (unpaired) electrons. The summed E-state index contributed by atoms with van der Waals surface area (Å²) < 4.78 is 1.99. The zero-order chi connectivity index (χ0) is 18.1. The van der Waals surface area contributed by atoms with Gasteiger partial charge in [0.15, 0.2) is 5.96 Å². The van der Waals surface area contributed by atoms with E-state index < -0.39 is 0 Å². The van der Waals surface area contributed by atoms with Crippen LogP contribution in [0.3, 0.4) is 0 Å². The zero-order valence-electron chi connectivity index (χ0n) is 15.3. The van der Waals surface area contributed by atoms with Crippen LogP contribution in [0.25, 0.3) is 0 Å². The molecule has 0 saturated heterocycles. The number of rotatable bonds is 7. The molecule has 0 aromatic carbocycles. The minimum Gasteiger partial charge on any atom is -0.356 e. The quantitative estimate of drug-likeness (QED) is 0.247. The maximum Gasteiger partial charge on any atom is 0.243 e. The lowest BCUT2D eigenvalue weighted by molar-refractivity contribution is -0.115. The highest BCUT2D eigenvalue weighted by atomic mass is 127. The van der Waals surface area contributed by atoms with E-state index in [1.54, 1.807) is 31.6 Å². The summed E-state index contributed by atoms with van der Waals surface area (Å²) in [7, 11) is 1.68. The van der Waals surface area contributed by atoms with Gasteiger partial charge in [0.2, 0.25) is 5.91 Å². The van der Waals surface area contributed by atoms with Gasteiger partial charge in [0, 0.05) is 32.0 Å². The van der Waals surface area contributed by atoms with Crippen LogP contribution in [0.4, 0.5) is 5.69 Å². The number of carbonyl (C=O) groups is 1. The van der Waals surface area contributed by atoms with Crippen LogP contribution in [0.5, 0.6) is 0 Å². The Labute approximate surface area is 170 Å². The van der Waals surface area contributed by atoms with E-state index in [0.717, 1.165) is 30.9 Å². The molecular weight excluding hydrogens is 445 g/mol. The third kappa shape index (κ3) is 7.38. The van der Waals surface area contributed by atoms with Crippen LogP contribution < -0.4 is 16.0 Å². The SMILES string of the molecule is CN=C(NCCCn1nc(C)cc1C)NCC(=O)Nc1cccnc1.I. The van der Waals surface area contributed by atoms with E-state index in [9.17, 15) is 4.79 Å². The number of aromatic nitrogens is 3. The van der Waals surface area contributed by atoms with Gasteiger partial charge in [-0.2, -0.15) is 5.10 Å². The molecule has 0 bridgehead atoms. The third-order valence-corrected chi connectivity index (χ3v) is 3.53. The predicted molar refractivity (Wildman–Crippen MR) is 114 cm³/mol. The molecule has 26 heavy (non-hydrogen) atoms. The van der Waals surface area contributed by atoms with Gasteiger partial charge in [0.05, 0.1) is 24.1 Å². The lowest BCUT2D eigenvalue weighted by Gasteiger charge is -2.12. The molecule has 2 heterocycles. The van der Waals surface area contributed by atoms with Gasteiger partial charge in [0.25, 0.3) is 0 Å². The normalized spacial score (nSPS) is 10.8. The fraction of sp³-hybridized carbons (Fsp3) is 0.412. The number of nitrogens with zero attached hydrogens (tertiary/aromatic N) is 4. The van der Waals surface area contributed by atoms with Gasteiger partial charge in [0.1, 0.15) is 0 Å². The minimum absolute atomic E-state index is 0. The summed E-state index contributed by atoms with van der Waals surface area (Å²) in [5.74, 6) is 0.438. The van der Waals surface area contributed by atoms with Crippen molar-refractivity contribution in [3.05, 3.63) is 42.0 Å². The number of amides is 1. The molecule has 142 valence electrons. The zero-order valence-corrected chi connectivity index (χ0v) is 17.7. The molecule has 0 aliphatic carbocycles. The summed E-state index contributed by atoms with van der Waals surface area (Å²) in [6.45, 7) is 5.75. The number of aliphatic imine (C=N–C) groups is 1. The molecule has 2 aromatic rings. The van der Waals surface area contributed by atoms with E-state index in [1.807, 2.05) is 11.6 Å². The largest absolute Gasteiger partial charge is 0.356 e. The first-order valence-electron chi connectivity index (χ1n) is 8.24. The fourth-order valence-electron chi connectivity index (χ4n) is 2.36. The van der Waals surface area contributed by atoms with Gasteiger partial charge in [-0.1, -0.05) is 0 Å². The highest BCUT2D eigenvalue weighted by Gasteiger charge is 2.05. The minimum atomic E-state index is -0.154. The van der Waals surface area contributed by atoms with Crippen molar-refractivity contribution in [3.8, 4) is 0 Å². The Bertz CT molecular complexity index is 715. The van der Waals surface area contributed by atoms with Crippen molar-refractivity contribution in [3.63, 3.8) is 0 Å². The molecule has 2 aromatic heterocycles. The highest BCUT2D eigenvalue weighted by molar-refractivity contribution is 14.0. The average molecular weight is 471 g/mol. The molecule has 2 rings (SSSR count). The van der Waals surface area contributed by atoms with Gasteiger partial charge in [-0.05, 0) is 38.5 Å². The number of anilines is 1. The molecule has 0 aliphatic heterocycles. The molecule has 9 heteroatoms.